The largest absolute Gasteiger partial charge is 0.416 e. The lowest BCUT2D eigenvalue weighted by atomic mass is 9.64. The van der Waals surface area contributed by atoms with E-state index < -0.39 is 11.7 Å². The molecular formula is C25H21F3S2. The minimum absolute atomic E-state index is 0.510. The summed E-state index contributed by atoms with van der Waals surface area (Å²) in [6.07, 6.45) is 4.62. The van der Waals surface area contributed by atoms with E-state index in [9.17, 15) is 13.2 Å². The average Bonchev–Trinajstić information content (AvgIpc) is 3.33. The number of aryl methyl sites for hydroxylation is 1. The lowest BCUT2D eigenvalue weighted by molar-refractivity contribution is -0.137. The molecule has 0 N–H and O–H groups in total. The Labute approximate surface area is 183 Å². The highest BCUT2D eigenvalue weighted by Crippen LogP contribution is 2.63. The number of alkyl halides is 3. The van der Waals surface area contributed by atoms with Crippen molar-refractivity contribution in [3.8, 4) is 0 Å². The van der Waals surface area contributed by atoms with E-state index in [2.05, 4.69) is 24.3 Å². The molecule has 30 heavy (non-hydrogen) atoms. The standard InChI is InChI=1S/C25H21F3S2/c26-25(27,28)17-6-1-14(2-7-17)3-8-18-13-16-5-10-20-21-19(22(20)24(16)30-18)9-4-15-11-12-29-23(15)21/h1-2,4-7,9-10,18-19,21H,3,8,11-13H2. The first-order valence-electron chi connectivity index (χ1n) is 10.5. The van der Waals surface area contributed by atoms with E-state index in [4.69, 9.17) is 0 Å². The summed E-state index contributed by atoms with van der Waals surface area (Å²) < 4.78 is 38.3. The molecule has 3 atom stereocenters. The maximum atomic E-state index is 12.8. The second-order valence-electron chi connectivity index (χ2n) is 8.58. The van der Waals surface area contributed by atoms with Gasteiger partial charge >= 0.3 is 6.18 Å². The number of rotatable bonds is 3. The van der Waals surface area contributed by atoms with E-state index >= 15 is 0 Å². The summed E-state index contributed by atoms with van der Waals surface area (Å²) in [7, 11) is 0. The Morgan fingerprint density at radius 3 is 2.67 bits per heavy atom. The fraction of sp³-hybridized carbons (Fsp3) is 0.360. The zero-order valence-electron chi connectivity index (χ0n) is 16.3. The van der Waals surface area contributed by atoms with Crippen molar-refractivity contribution in [1.82, 2.24) is 0 Å². The quantitative estimate of drug-likeness (QED) is 0.483. The molecule has 0 saturated carbocycles. The monoisotopic (exact) mass is 442 g/mol. The molecule has 0 bridgehead atoms. The van der Waals surface area contributed by atoms with Gasteiger partial charge in [-0.2, -0.15) is 13.2 Å². The van der Waals surface area contributed by atoms with Crippen LogP contribution in [-0.4, -0.2) is 11.0 Å². The van der Waals surface area contributed by atoms with Crippen LogP contribution in [0, 0.1) is 0 Å². The fourth-order valence-electron chi connectivity index (χ4n) is 5.31. The van der Waals surface area contributed by atoms with E-state index in [1.807, 2.05) is 23.5 Å². The summed E-state index contributed by atoms with van der Waals surface area (Å²) in [5.74, 6) is 2.35. The van der Waals surface area contributed by atoms with Crippen molar-refractivity contribution in [3.05, 3.63) is 86.8 Å². The Morgan fingerprint density at radius 1 is 1.03 bits per heavy atom. The van der Waals surface area contributed by atoms with E-state index in [0.717, 1.165) is 24.8 Å². The number of hydrogen-bond donors (Lipinski definition) is 0. The van der Waals surface area contributed by atoms with Crippen molar-refractivity contribution in [2.45, 2.75) is 53.8 Å². The summed E-state index contributed by atoms with van der Waals surface area (Å²) >= 11 is 4.05. The molecule has 5 heteroatoms. The summed E-state index contributed by atoms with van der Waals surface area (Å²) in [6.45, 7) is 0. The predicted octanol–water partition coefficient (Wildman–Crippen LogP) is 7.50. The molecule has 2 heterocycles. The van der Waals surface area contributed by atoms with Crippen LogP contribution in [0.1, 0.15) is 52.5 Å². The third kappa shape index (κ3) is 3.00. The SMILES string of the molecule is FC(F)(F)c1ccc(CCC2Cc3ccc4c(c3S2)C2C=CC3=C(SCC3)C42)cc1. The normalized spacial score (nSPS) is 26.2. The van der Waals surface area contributed by atoms with Crippen molar-refractivity contribution in [2.24, 2.45) is 0 Å². The lowest BCUT2D eigenvalue weighted by Gasteiger charge is -2.42. The van der Waals surface area contributed by atoms with E-state index in [1.165, 1.54) is 40.3 Å². The second-order valence-corrected chi connectivity index (χ2v) is 11.0. The molecule has 4 aliphatic rings. The Morgan fingerprint density at radius 2 is 1.87 bits per heavy atom. The molecule has 2 aromatic rings. The lowest BCUT2D eigenvalue weighted by Crippen LogP contribution is -2.26. The van der Waals surface area contributed by atoms with Crippen LogP contribution < -0.4 is 0 Å². The highest BCUT2D eigenvalue weighted by molar-refractivity contribution is 8.03. The fourth-order valence-corrected chi connectivity index (χ4v) is 8.18. The van der Waals surface area contributed by atoms with Crippen LogP contribution in [0.3, 0.4) is 0 Å². The number of allylic oxidation sites excluding steroid dienone is 4. The van der Waals surface area contributed by atoms with Crippen LogP contribution in [-0.2, 0) is 19.0 Å². The third-order valence-electron chi connectivity index (χ3n) is 6.84. The molecular weight excluding hydrogens is 421 g/mol. The highest BCUT2D eigenvalue weighted by Gasteiger charge is 2.45. The molecule has 0 radical (unpaired) electrons. The zero-order chi connectivity index (χ0) is 20.5. The summed E-state index contributed by atoms with van der Waals surface area (Å²) in [6, 6.07) is 10.3. The Bertz CT molecular complexity index is 1080. The van der Waals surface area contributed by atoms with Gasteiger partial charge in [-0.15, -0.1) is 23.5 Å². The summed E-state index contributed by atoms with van der Waals surface area (Å²) in [4.78, 5) is 3.10. The van der Waals surface area contributed by atoms with Crippen molar-refractivity contribution < 1.29 is 13.2 Å². The smallest absolute Gasteiger partial charge is 0.166 e. The molecule has 2 aromatic carbocycles. The van der Waals surface area contributed by atoms with Crippen molar-refractivity contribution in [3.63, 3.8) is 0 Å². The second kappa shape index (κ2) is 6.96. The molecule has 6 rings (SSSR count). The van der Waals surface area contributed by atoms with Gasteiger partial charge < -0.3 is 0 Å². The first kappa shape index (κ1) is 19.1. The van der Waals surface area contributed by atoms with Crippen LogP contribution in [0.5, 0.6) is 0 Å². The van der Waals surface area contributed by atoms with Crippen molar-refractivity contribution in [2.75, 3.05) is 5.75 Å². The topological polar surface area (TPSA) is 0 Å². The molecule has 0 aromatic heterocycles. The van der Waals surface area contributed by atoms with Gasteiger partial charge in [-0.3, -0.25) is 0 Å². The van der Waals surface area contributed by atoms with Gasteiger partial charge in [0.15, 0.2) is 0 Å². The van der Waals surface area contributed by atoms with Gasteiger partial charge in [-0.25, -0.2) is 0 Å². The minimum Gasteiger partial charge on any atom is -0.166 e. The average molecular weight is 443 g/mol. The van der Waals surface area contributed by atoms with Crippen LogP contribution >= 0.6 is 23.5 Å². The molecule has 2 aliphatic heterocycles. The molecule has 0 saturated heterocycles. The first-order valence-corrected chi connectivity index (χ1v) is 12.4. The molecule has 0 fully saturated rings. The summed E-state index contributed by atoms with van der Waals surface area (Å²) in [5, 5.41) is 0.510. The Hall–Kier alpha value is -1.59. The maximum Gasteiger partial charge on any atom is 0.416 e. The maximum absolute atomic E-state index is 12.8. The predicted molar refractivity (Wildman–Crippen MR) is 118 cm³/mol. The summed E-state index contributed by atoms with van der Waals surface area (Å²) in [5.41, 5.74) is 6.51. The molecule has 0 nitrogen and oxygen atoms in total. The Kier molecular flexibility index (Phi) is 4.44. The number of thioether (sulfide) groups is 2. The number of fused-ring (bicyclic) bond motifs is 7. The minimum atomic E-state index is -4.26. The van der Waals surface area contributed by atoms with Gasteiger partial charge in [0.1, 0.15) is 0 Å². The van der Waals surface area contributed by atoms with Crippen LogP contribution in [0.15, 0.2) is 63.9 Å². The molecule has 2 aliphatic carbocycles. The number of hydrogen-bond acceptors (Lipinski definition) is 2. The molecule has 0 amide bonds. The van der Waals surface area contributed by atoms with E-state index in [0.29, 0.717) is 17.1 Å². The van der Waals surface area contributed by atoms with Gasteiger partial charge in [0.25, 0.3) is 0 Å². The van der Waals surface area contributed by atoms with Gasteiger partial charge in [-0.1, -0.05) is 36.4 Å². The Balaban J connectivity index is 1.16. The van der Waals surface area contributed by atoms with E-state index in [1.54, 1.807) is 28.2 Å². The van der Waals surface area contributed by atoms with Crippen LogP contribution in [0.4, 0.5) is 13.2 Å². The van der Waals surface area contributed by atoms with Crippen molar-refractivity contribution >= 4 is 23.5 Å². The van der Waals surface area contributed by atoms with Crippen LogP contribution in [0.25, 0.3) is 0 Å². The first-order chi connectivity index (χ1) is 14.5. The van der Waals surface area contributed by atoms with Crippen molar-refractivity contribution in [1.29, 1.82) is 0 Å². The highest BCUT2D eigenvalue weighted by atomic mass is 32.2. The molecule has 0 spiro atoms. The molecule has 3 unspecified atom stereocenters. The molecule has 154 valence electrons. The van der Waals surface area contributed by atoms with Gasteiger partial charge in [-0.05, 0) is 70.5 Å². The van der Waals surface area contributed by atoms with Crippen LogP contribution in [0.2, 0.25) is 0 Å². The van der Waals surface area contributed by atoms with Gasteiger partial charge in [0.05, 0.1) is 5.56 Å². The number of halogens is 3. The third-order valence-corrected chi connectivity index (χ3v) is 9.53. The number of benzene rings is 2. The van der Waals surface area contributed by atoms with Gasteiger partial charge in [0.2, 0.25) is 0 Å². The zero-order valence-corrected chi connectivity index (χ0v) is 18.0. The van der Waals surface area contributed by atoms with E-state index in [-0.39, 0.29) is 0 Å². The van der Waals surface area contributed by atoms with Gasteiger partial charge in [0, 0.05) is 27.7 Å².